The van der Waals surface area contributed by atoms with Gasteiger partial charge < -0.3 is 5.32 Å². The summed E-state index contributed by atoms with van der Waals surface area (Å²) in [5, 5.41) is 3.53. The number of nitrogens with one attached hydrogen (secondary N) is 1. The van der Waals surface area contributed by atoms with Crippen LogP contribution in [0.5, 0.6) is 0 Å². The third-order valence-electron chi connectivity index (χ3n) is 4.12. The first-order valence-electron chi connectivity index (χ1n) is 9.01. The Labute approximate surface area is 140 Å². The van der Waals surface area contributed by atoms with Gasteiger partial charge in [-0.05, 0) is 26.8 Å². The third-order valence-corrected chi connectivity index (χ3v) is 4.12. The molecule has 0 saturated heterocycles. The van der Waals surface area contributed by atoms with Gasteiger partial charge in [0.25, 0.3) is 0 Å². The van der Waals surface area contributed by atoms with Crippen molar-refractivity contribution in [1.82, 2.24) is 5.32 Å². The highest BCUT2D eigenvalue weighted by Gasteiger charge is 2.09. The Balaban J connectivity index is 0. The number of hydrogen-bond acceptors (Lipinski definition) is 1. The van der Waals surface area contributed by atoms with Crippen molar-refractivity contribution in [3.63, 3.8) is 0 Å². The first kappa shape index (κ1) is 23.3. The second kappa shape index (κ2) is 16.4. The molecule has 0 aromatic carbocycles. The van der Waals surface area contributed by atoms with E-state index in [0.29, 0.717) is 0 Å². The Bertz CT molecular complexity index is 214. The van der Waals surface area contributed by atoms with Gasteiger partial charge in [0, 0.05) is 5.54 Å². The molecule has 0 atom stereocenters. The highest BCUT2D eigenvalue weighted by molar-refractivity contribution is 5.85. The lowest BCUT2D eigenvalue weighted by Gasteiger charge is -2.21. The lowest BCUT2D eigenvalue weighted by atomic mass is 10.0. The second-order valence-electron chi connectivity index (χ2n) is 6.74. The van der Waals surface area contributed by atoms with Crippen LogP contribution in [0.15, 0.2) is 12.7 Å². The summed E-state index contributed by atoms with van der Waals surface area (Å²) < 4.78 is 0. The van der Waals surface area contributed by atoms with Crippen molar-refractivity contribution in [1.29, 1.82) is 0 Å². The van der Waals surface area contributed by atoms with Crippen molar-refractivity contribution in [3.05, 3.63) is 12.7 Å². The quantitative estimate of drug-likeness (QED) is 0.263. The van der Waals surface area contributed by atoms with E-state index in [0.717, 1.165) is 6.54 Å². The van der Waals surface area contributed by atoms with Crippen molar-refractivity contribution in [3.8, 4) is 0 Å². The minimum absolute atomic E-state index is 0. The Morgan fingerprint density at radius 1 is 0.762 bits per heavy atom. The predicted molar refractivity (Wildman–Crippen MR) is 101 cm³/mol. The molecule has 0 bridgehead atoms. The van der Waals surface area contributed by atoms with Crippen molar-refractivity contribution < 1.29 is 0 Å². The van der Waals surface area contributed by atoms with Crippen molar-refractivity contribution >= 4 is 12.4 Å². The summed E-state index contributed by atoms with van der Waals surface area (Å²) >= 11 is 0. The maximum atomic E-state index is 3.85. The molecule has 0 aliphatic carbocycles. The Kier molecular flexibility index (Phi) is 18.1. The van der Waals surface area contributed by atoms with Crippen LogP contribution in [0.2, 0.25) is 0 Å². The third kappa shape index (κ3) is 17.9. The maximum Gasteiger partial charge on any atom is 0.0304 e. The number of rotatable bonds is 15. The number of unbranched alkanes of at least 4 members (excludes halogenated alkanes) is 11. The second-order valence-corrected chi connectivity index (χ2v) is 6.74. The molecule has 0 fully saturated rings. The van der Waals surface area contributed by atoms with Gasteiger partial charge in [0.1, 0.15) is 0 Å². The van der Waals surface area contributed by atoms with Gasteiger partial charge in [-0.15, -0.1) is 19.0 Å². The molecule has 0 spiro atoms. The molecule has 0 unspecified atom stereocenters. The molecule has 0 rings (SSSR count). The standard InChI is InChI=1S/C19H39N.ClH/c1-5-7-8-9-10-11-12-13-14-15-16-17-18-20-19(3,4)6-2;/h6,20H,2,5,7-18H2,1,3-4H3;1H. The van der Waals surface area contributed by atoms with Gasteiger partial charge >= 0.3 is 0 Å². The molecule has 0 aliphatic heterocycles. The fourth-order valence-corrected chi connectivity index (χ4v) is 2.45. The van der Waals surface area contributed by atoms with Crippen LogP contribution in [0.3, 0.4) is 0 Å². The van der Waals surface area contributed by atoms with E-state index in [1.165, 1.54) is 77.0 Å². The van der Waals surface area contributed by atoms with E-state index in [1.54, 1.807) is 0 Å². The molecule has 0 aromatic heterocycles. The van der Waals surface area contributed by atoms with Crippen LogP contribution in [0.4, 0.5) is 0 Å². The molecule has 1 N–H and O–H groups in total. The SMILES string of the molecule is C=CC(C)(C)NCCCCCCCCCCCCCC.Cl. The van der Waals surface area contributed by atoms with E-state index in [-0.39, 0.29) is 17.9 Å². The van der Waals surface area contributed by atoms with Gasteiger partial charge in [0.2, 0.25) is 0 Å². The molecule has 1 nitrogen and oxygen atoms in total. The first-order chi connectivity index (χ1) is 9.62. The lowest BCUT2D eigenvalue weighted by molar-refractivity contribution is 0.457. The van der Waals surface area contributed by atoms with E-state index < -0.39 is 0 Å². The molecule has 0 aliphatic rings. The van der Waals surface area contributed by atoms with Gasteiger partial charge in [0.05, 0.1) is 0 Å². The number of halogens is 1. The van der Waals surface area contributed by atoms with Crippen LogP contribution in [-0.4, -0.2) is 12.1 Å². The molecule has 0 heterocycles. The number of hydrogen-bond donors (Lipinski definition) is 1. The maximum absolute atomic E-state index is 3.85. The van der Waals surface area contributed by atoms with Gasteiger partial charge in [0.15, 0.2) is 0 Å². The average molecular weight is 318 g/mol. The van der Waals surface area contributed by atoms with E-state index in [1.807, 2.05) is 6.08 Å². The van der Waals surface area contributed by atoms with Crippen molar-refractivity contribution in [2.75, 3.05) is 6.54 Å². The lowest BCUT2D eigenvalue weighted by Crippen LogP contribution is -2.37. The van der Waals surface area contributed by atoms with E-state index in [9.17, 15) is 0 Å². The Morgan fingerprint density at radius 3 is 1.52 bits per heavy atom. The van der Waals surface area contributed by atoms with Crippen molar-refractivity contribution in [2.24, 2.45) is 0 Å². The fourth-order valence-electron chi connectivity index (χ4n) is 2.45. The van der Waals surface area contributed by atoms with Crippen molar-refractivity contribution in [2.45, 2.75) is 103 Å². The van der Waals surface area contributed by atoms with Crippen LogP contribution in [0.25, 0.3) is 0 Å². The van der Waals surface area contributed by atoms with Gasteiger partial charge in [-0.25, -0.2) is 0 Å². The first-order valence-corrected chi connectivity index (χ1v) is 9.01. The summed E-state index contributed by atoms with van der Waals surface area (Å²) in [7, 11) is 0. The van der Waals surface area contributed by atoms with Gasteiger partial charge in [-0.3, -0.25) is 0 Å². The van der Waals surface area contributed by atoms with Crippen LogP contribution in [0.1, 0.15) is 97.8 Å². The molecule has 0 aromatic rings. The summed E-state index contributed by atoms with van der Waals surface area (Å²) in [5.41, 5.74) is 0.0950. The molecule has 2 heteroatoms. The summed E-state index contributed by atoms with van der Waals surface area (Å²) in [6.45, 7) is 11.6. The summed E-state index contributed by atoms with van der Waals surface area (Å²) in [4.78, 5) is 0. The summed E-state index contributed by atoms with van der Waals surface area (Å²) in [6.07, 6.45) is 19.0. The van der Waals surface area contributed by atoms with Crippen LogP contribution in [-0.2, 0) is 0 Å². The molecular weight excluding hydrogens is 278 g/mol. The minimum Gasteiger partial charge on any atom is -0.308 e. The Morgan fingerprint density at radius 2 is 1.14 bits per heavy atom. The van der Waals surface area contributed by atoms with Crippen LogP contribution in [0, 0.1) is 0 Å². The largest absolute Gasteiger partial charge is 0.308 e. The zero-order chi connectivity index (χ0) is 15.1. The minimum atomic E-state index is 0. The zero-order valence-electron chi connectivity index (χ0n) is 14.9. The molecule has 0 amide bonds. The monoisotopic (exact) mass is 317 g/mol. The molecular formula is C19H40ClN. The highest BCUT2D eigenvalue weighted by Crippen LogP contribution is 2.12. The van der Waals surface area contributed by atoms with E-state index >= 15 is 0 Å². The van der Waals surface area contributed by atoms with Gasteiger partial charge in [-0.2, -0.15) is 0 Å². The Hall–Kier alpha value is -0.0100. The van der Waals surface area contributed by atoms with E-state index in [4.69, 9.17) is 0 Å². The summed E-state index contributed by atoms with van der Waals surface area (Å²) in [6, 6.07) is 0. The van der Waals surface area contributed by atoms with Crippen LogP contribution >= 0.6 is 12.4 Å². The normalized spacial score (nSPS) is 11.2. The molecule has 128 valence electrons. The molecule has 0 saturated carbocycles. The van der Waals surface area contributed by atoms with E-state index in [2.05, 4.69) is 32.7 Å². The fraction of sp³-hybridized carbons (Fsp3) is 0.895. The topological polar surface area (TPSA) is 12.0 Å². The summed E-state index contributed by atoms with van der Waals surface area (Å²) in [5.74, 6) is 0. The average Bonchev–Trinajstić information content (AvgIpc) is 2.44. The predicted octanol–water partition coefficient (Wildman–Crippen LogP) is 6.66. The molecule has 21 heavy (non-hydrogen) atoms. The zero-order valence-corrected chi connectivity index (χ0v) is 15.7. The van der Waals surface area contributed by atoms with Gasteiger partial charge in [-0.1, -0.05) is 83.6 Å². The van der Waals surface area contributed by atoms with Crippen LogP contribution < -0.4 is 5.32 Å². The molecule has 0 radical (unpaired) electrons. The highest BCUT2D eigenvalue weighted by atomic mass is 35.5. The smallest absolute Gasteiger partial charge is 0.0304 e.